The first kappa shape index (κ1) is 29.0. The highest BCUT2D eigenvalue weighted by molar-refractivity contribution is 7.89. The van der Waals surface area contributed by atoms with Gasteiger partial charge in [-0.3, -0.25) is 0 Å². The minimum atomic E-state index is -3.14. The van der Waals surface area contributed by atoms with E-state index in [-0.39, 0.29) is 28.7 Å². The SMILES string of the molecule is COc1cc2ncnc(N3CC[C@H](C(C)CN4CCCS4(=O)=O)[C@@H](O[Si](C)(C)C(C)(C)C)C3)c2cc1OC. The maximum atomic E-state index is 12.5. The molecule has 0 radical (unpaired) electrons. The number of methoxy groups -OCH3 is 2. The molecular weight excluding hydrogens is 520 g/mol. The number of aromatic nitrogens is 2. The van der Waals surface area contributed by atoms with Crippen molar-refractivity contribution >= 4 is 35.1 Å². The summed E-state index contributed by atoms with van der Waals surface area (Å²) >= 11 is 0. The zero-order valence-electron chi connectivity index (χ0n) is 24.2. The topological polar surface area (TPSA) is 94.1 Å². The lowest BCUT2D eigenvalue weighted by molar-refractivity contribution is 0.0654. The molecule has 11 heteroatoms. The molecule has 3 heterocycles. The summed E-state index contributed by atoms with van der Waals surface area (Å²) < 4.78 is 44.9. The molecule has 0 N–H and O–H groups in total. The molecule has 0 aliphatic carbocycles. The van der Waals surface area contributed by atoms with Crippen LogP contribution in [0.4, 0.5) is 5.82 Å². The lowest BCUT2D eigenvalue weighted by Crippen LogP contribution is -2.54. The smallest absolute Gasteiger partial charge is 0.214 e. The first-order chi connectivity index (χ1) is 17.8. The molecule has 0 bridgehead atoms. The number of sulfonamides is 1. The number of fused-ring (bicyclic) bond motifs is 1. The van der Waals surface area contributed by atoms with Gasteiger partial charge in [0.25, 0.3) is 0 Å². The van der Waals surface area contributed by atoms with E-state index in [9.17, 15) is 8.42 Å². The number of piperidine rings is 1. The predicted octanol–water partition coefficient (Wildman–Crippen LogP) is 4.54. The minimum Gasteiger partial charge on any atom is -0.493 e. The molecule has 2 aromatic rings. The Morgan fingerprint density at radius 1 is 1.11 bits per heavy atom. The quantitative estimate of drug-likeness (QED) is 0.432. The van der Waals surface area contributed by atoms with E-state index >= 15 is 0 Å². The Balaban J connectivity index is 1.65. The largest absolute Gasteiger partial charge is 0.493 e. The van der Waals surface area contributed by atoms with Crippen LogP contribution in [0, 0.1) is 11.8 Å². The van der Waals surface area contributed by atoms with E-state index in [1.165, 1.54) is 0 Å². The summed E-state index contributed by atoms with van der Waals surface area (Å²) in [5.74, 6) is 2.82. The van der Waals surface area contributed by atoms with Crippen LogP contribution in [-0.2, 0) is 14.4 Å². The number of hydrogen-bond donors (Lipinski definition) is 0. The van der Waals surface area contributed by atoms with Crippen LogP contribution in [0.15, 0.2) is 18.5 Å². The molecule has 3 atom stereocenters. The summed E-state index contributed by atoms with van der Waals surface area (Å²) in [6.45, 7) is 16.2. The Hall–Kier alpha value is -1.95. The molecular formula is C27H44N4O5SSi. The fourth-order valence-electron chi connectivity index (χ4n) is 5.43. The molecule has 4 rings (SSSR count). The van der Waals surface area contributed by atoms with Gasteiger partial charge in [-0.1, -0.05) is 27.7 Å². The van der Waals surface area contributed by atoms with Crippen LogP contribution in [0.3, 0.4) is 0 Å². The van der Waals surface area contributed by atoms with Crippen molar-refractivity contribution in [2.75, 3.05) is 51.1 Å². The van der Waals surface area contributed by atoms with Crippen molar-refractivity contribution in [2.45, 2.75) is 64.8 Å². The minimum absolute atomic E-state index is 0.0323. The van der Waals surface area contributed by atoms with E-state index in [0.717, 1.165) is 29.7 Å². The highest BCUT2D eigenvalue weighted by Gasteiger charge is 2.44. The molecule has 2 saturated heterocycles. The maximum Gasteiger partial charge on any atom is 0.214 e. The van der Waals surface area contributed by atoms with Crippen LogP contribution >= 0.6 is 0 Å². The molecule has 0 spiro atoms. The lowest BCUT2D eigenvalue weighted by atomic mass is 9.83. The van der Waals surface area contributed by atoms with Gasteiger partial charge in [-0.05, 0) is 48.9 Å². The van der Waals surface area contributed by atoms with Crippen molar-refractivity contribution in [3.05, 3.63) is 18.5 Å². The second kappa shape index (κ2) is 10.9. The van der Waals surface area contributed by atoms with E-state index in [1.807, 2.05) is 12.1 Å². The van der Waals surface area contributed by atoms with Crippen molar-refractivity contribution in [1.82, 2.24) is 14.3 Å². The first-order valence-corrected chi connectivity index (χ1v) is 18.1. The Morgan fingerprint density at radius 3 is 2.39 bits per heavy atom. The van der Waals surface area contributed by atoms with Gasteiger partial charge in [-0.25, -0.2) is 22.7 Å². The van der Waals surface area contributed by atoms with E-state index in [0.29, 0.717) is 37.6 Å². The number of rotatable bonds is 8. The van der Waals surface area contributed by atoms with E-state index in [4.69, 9.17) is 18.9 Å². The van der Waals surface area contributed by atoms with Gasteiger partial charge >= 0.3 is 0 Å². The van der Waals surface area contributed by atoms with Gasteiger partial charge in [0.2, 0.25) is 10.0 Å². The number of hydrogen-bond acceptors (Lipinski definition) is 8. The third-order valence-corrected chi connectivity index (χ3v) is 15.1. The molecule has 2 fully saturated rings. The van der Waals surface area contributed by atoms with Crippen LogP contribution in [0.25, 0.3) is 10.9 Å². The zero-order valence-corrected chi connectivity index (χ0v) is 26.0. The van der Waals surface area contributed by atoms with Gasteiger partial charge in [0, 0.05) is 37.6 Å². The van der Waals surface area contributed by atoms with Gasteiger partial charge in [-0.15, -0.1) is 0 Å². The van der Waals surface area contributed by atoms with Crippen LogP contribution in [0.5, 0.6) is 11.5 Å². The molecule has 9 nitrogen and oxygen atoms in total. The zero-order chi connectivity index (χ0) is 27.9. The summed E-state index contributed by atoms with van der Waals surface area (Å²) in [6.07, 6.45) is 3.18. The molecule has 0 saturated carbocycles. The molecule has 1 aromatic carbocycles. The summed E-state index contributed by atoms with van der Waals surface area (Å²) in [4.78, 5) is 11.5. The van der Waals surface area contributed by atoms with Crippen LogP contribution < -0.4 is 14.4 Å². The van der Waals surface area contributed by atoms with Crippen molar-refractivity contribution in [1.29, 1.82) is 0 Å². The van der Waals surface area contributed by atoms with Crippen LogP contribution in [-0.4, -0.2) is 83.3 Å². The number of anilines is 1. The summed E-state index contributed by atoms with van der Waals surface area (Å²) in [7, 11) is -1.98. The third kappa shape index (κ3) is 5.80. The van der Waals surface area contributed by atoms with E-state index in [1.54, 1.807) is 24.9 Å². The average molecular weight is 565 g/mol. The Labute approximate surface area is 229 Å². The summed E-state index contributed by atoms with van der Waals surface area (Å²) in [6, 6.07) is 3.83. The van der Waals surface area contributed by atoms with Crippen molar-refractivity contribution < 1.29 is 22.3 Å². The lowest BCUT2D eigenvalue weighted by Gasteiger charge is -2.47. The maximum absolute atomic E-state index is 12.5. The Kier molecular flexibility index (Phi) is 8.33. The van der Waals surface area contributed by atoms with Crippen molar-refractivity contribution in [2.24, 2.45) is 11.8 Å². The Bertz CT molecular complexity index is 1250. The first-order valence-electron chi connectivity index (χ1n) is 13.5. The molecule has 2 aliphatic heterocycles. The average Bonchev–Trinajstić information content (AvgIpc) is 3.18. The normalized spacial score (nSPS) is 23.5. The molecule has 1 aromatic heterocycles. The van der Waals surface area contributed by atoms with Crippen molar-refractivity contribution in [3.8, 4) is 11.5 Å². The fraction of sp³-hybridized carbons (Fsp3) is 0.704. The van der Waals surface area contributed by atoms with Gasteiger partial charge in [0.1, 0.15) is 12.1 Å². The molecule has 38 heavy (non-hydrogen) atoms. The van der Waals surface area contributed by atoms with Gasteiger partial charge in [0.05, 0.1) is 31.6 Å². The third-order valence-electron chi connectivity index (χ3n) is 8.71. The monoisotopic (exact) mass is 564 g/mol. The highest BCUT2D eigenvalue weighted by atomic mass is 32.2. The van der Waals surface area contributed by atoms with Gasteiger partial charge < -0.3 is 18.8 Å². The van der Waals surface area contributed by atoms with Crippen LogP contribution in [0.2, 0.25) is 18.1 Å². The number of benzene rings is 1. The molecule has 2 aliphatic rings. The van der Waals surface area contributed by atoms with Crippen LogP contribution in [0.1, 0.15) is 40.5 Å². The van der Waals surface area contributed by atoms with E-state index < -0.39 is 18.3 Å². The van der Waals surface area contributed by atoms with E-state index in [2.05, 4.69) is 50.7 Å². The summed E-state index contributed by atoms with van der Waals surface area (Å²) in [5.41, 5.74) is 0.796. The standard InChI is InChI=1S/C27H44N4O5SSi/c1-19(16-31-11-9-13-37(31,32)33)20-10-12-30(17-25(20)36-38(7,8)27(2,3)4)26-21-14-23(34-5)24(35-6)15-22(21)28-18-29-26/h14-15,18-20,25H,9-13,16-17H2,1-8H3/t19?,20-,25+/m1/s1. The molecule has 1 unspecified atom stereocenters. The second-order valence-electron chi connectivity index (χ2n) is 12.2. The fourth-order valence-corrected chi connectivity index (χ4v) is 8.41. The van der Waals surface area contributed by atoms with Gasteiger partial charge in [0.15, 0.2) is 19.8 Å². The van der Waals surface area contributed by atoms with Gasteiger partial charge in [-0.2, -0.15) is 0 Å². The van der Waals surface area contributed by atoms with Crippen molar-refractivity contribution in [3.63, 3.8) is 0 Å². The predicted molar refractivity (Wildman–Crippen MR) is 154 cm³/mol. The highest BCUT2D eigenvalue weighted by Crippen LogP contribution is 2.42. The number of nitrogens with zero attached hydrogens (tertiary/aromatic N) is 4. The Morgan fingerprint density at radius 2 is 1.79 bits per heavy atom. The molecule has 212 valence electrons. The number of ether oxygens (including phenoxy) is 2. The summed E-state index contributed by atoms with van der Waals surface area (Å²) in [5, 5.41) is 0.971. The molecule has 0 amide bonds. The second-order valence-corrected chi connectivity index (χ2v) is 19.1.